The van der Waals surface area contributed by atoms with Gasteiger partial charge in [-0.3, -0.25) is 0 Å². The number of rotatable bonds is 2. The van der Waals surface area contributed by atoms with E-state index in [-0.39, 0.29) is 18.2 Å². The fourth-order valence-corrected chi connectivity index (χ4v) is 0.713. The maximum Gasteiger partial charge on any atom is 0.254 e. The molecule has 13 heavy (non-hydrogen) atoms. The first kappa shape index (κ1) is 9.46. The molecular weight excluding hydrogens is 171 g/mol. The maximum absolute atomic E-state index is 13.1. The van der Waals surface area contributed by atoms with E-state index >= 15 is 0 Å². The van der Waals surface area contributed by atoms with Gasteiger partial charge in [0.1, 0.15) is 6.33 Å². The highest BCUT2D eigenvalue weighted by Crippen LogP contribution is 2.13. The Labute approximate surface area is 76.0 Å². The zero-order valence-electron chi connectivity index (χ0n) is 7.47. The van der Waals surface area contributed by atoms with Crippen LogP contribution in [0, 0.1) is 24.6 Å². The molecule has 0 amide bonds. The minimum absolute atomic E-state index is 0.0461. The van der Waals surface area contributed by atoms with Crippen LogP contribution in [0.5, 0.6) is 5.88 Å². The lowest BCUT2D eigenvalue weighted by Gasteiger charge is -2.02. The second-order valence-corrected chi connectivity index (χ2v) is 2.29. The highest BCUT2D eigenvalue weighted by molar-refractivity contribution is 5.16. The third-order valence-corrected chi connectivity index (χ3v) is 1.39. The van der Waals surface area contributed by atoms with Gasteiger partial charge in [0.15, 0.2) is 6.61 Å². The molecule has 3 nitrogen and oxygen atoms in total. The lowest BCUT2D eigenvalue weighted by atomic mass is 10.4. The van der Waals surface area contributed by atoms with Gasteiger partial charge in [0.2, 0.25) is 5.82 Å². The average Bonchev–Trinajstić information content (AvgIpc) is 2.13. The van der Waals surface area contributed by atoms with Crippen molar-refractivity contribution in [3.05, 3.63) is 17.8 Å². The Hall–Kier alpha value is -1.63. The summed E-state index contributed by atoms with van der Waals surface area (Å²) in [6, 6.07) is 0. The van der Waals surface area contributed by atoms with Crippen molar-refractivity contribution in [1.82, 2.24) is 9.97 Å². The number of aryl methyl sites for hydroxylation is 1. The molecule has 1 aromatic rings. The molecule has 0 saturated heterocycles. The van der Waals surface area contributed by atoms with Crippen LogP contribution < -0.4 is 4.74 Å². The second-order valence-electron chi connectivity index (χ2n) is 2.29. The molecule has 1 rings (SSSR count). The zero-order chi connectivity index (χ0) is 9.68. The van der Waals surface area contributed by atoms with Crippen molar-refractivity contribution in [2.75, 3.05) is 6.61 Å². The Morgan fingerprint density at radius 3 is 3.00 bits per heavy atom. The highest BCUT2D eigenvalue weighted by atomic mass is 19.1. The smallest absolute Gasteiger partial charge is 0.254 e. The minimum atomic E-state index is -0.527. The predicted octanol–water partition coefficient (Wildman–Crippen LogP) is 1.33. The van der Waals surface area contributed by atoms with Crippen LogP contribution in [0.4, 0.5) is 4.39 Å². The van der Waals surface area contributed by atoms with E-state index in [2.05, 4.69) is 21.8 Å². The van der Waals surface area contributed by atoms with Gasteiger partial charge in [0, 0.05) is 0 Å². The molecule has 4 heteroatoms. The fourth-order valence-electron chi connectivity index (χ4n) is 0.713. The predicted molar refractivity (Wildman–Crippen MR) is 45.7 cm³/mol. The van der Waals surface area contributed by atoms with Gasteiger partial charge in [0.05, 0.1) is 5.69 Å². The number of halogens is 1. The molecular formula is C9H9FN2O. The normalized spacial score (nSPS) is 8.85. The standard InChI is InChI=1S/C9H9FN2O/c1-3-4-5-13-9-8(10)7(2)11-6-12-9/h6H,5H2,1-2H3. The quantitative estimate of drug-likeness (QED) is 0.644. The van der Waals surface area contributed by atoms with Crippen molar-refractivity contribution < 1.29 is 9.13 Å². The highest BCUT2D eigenvalue weighted by Gasteiger charge is 2.07. The molecule has 0 saturated carbocycles. The minimum Gasteiger partial charge on any atom is -0.462 e. The second kappa shape index (κ2) is 4.41. The van der Waals surface area contributed by atoms with Gasteiger partial charge in [-0.05, 0) is 13.8 Å². The van der Waals surface area contributed by atoms with Crippen LogP contribution in [0.15, 0.2) is 6.33 Å². The molecule has 1 heterocycles. The third kappa shape index (κ3) is 2.41. The van der Waals surface area contributed by atoms with Gasteiger partial charge in [-0.1, -0.05) is 5.92 Å². The summed E-state index contributed by atoms with van der Waals surface area (Å²) >= 11 is 0. The molecule has 0 aliphatic heterocycles. The van der Waals surface area contributed by atoms with Crippen LogP contribution in [0.1, 0.15) is 12.6 Å². The summed E-state index contributed by atoms with van der Waals surface area (Å²) in [6.07, 6.45) is 1.26. The van der Waals surface area contributed by atoms with E-state index in [4.69, 9.17) is 4.74 Å². The molecule has 0 bridgehead atoms. The van der Waals surface area contributed by atoms with Crippen molar-refractivity contribution >= 4 is 0 Å². The van der Waals surface area contributed by atoms with Gasteiger partial charge in [-0.25, -0.2) is 4.98 Å². The van der Waals surface area contributed by atoms with E-state index in [0.717, 1.165) is 0 Å². The van der Waals surface area contributed by atoms with E-state index in [0.29, 0.717) is 0 Å². The Morgan fingerprint density at radius 2 is 2.31 bits per heavy atom. The lowest BCUT2D eigenvalue weighted by Crippen LogP contribution is -2.01. The van der Waals surface area contributed by atoms with Crippen molar-refractivity contribution in [2.45, 2.75) is 13.8 Å². The van der Waals surface area contributed by atoms with Crippen LogP contribution in [0.25, 0.3) is 0 Å². The Morgan fingerprint density at radius 1 is 1.54 bits per heavy atom. The summed E-state index contributed by atoms with van der Waals surface area (Å²) in [7, 11) is 0. The van der Waals surface area contributed by atoms with E-state index in [1.165, 1.54) is 6.33 Å². The average molecular weight is 180 g/mol. The van der Waals surface area contributed by atoms with Gasteiger partial charge in [-0.15, -0.1) is 5.92 Å². The lowest BCUT2D eigenvalue weighted by molar-refractivity contribution is 0.329. The largest absolute Gasteiger partial charge is 0.462 e. The summed E-state index contributed by atoms with van der Waals surface area (Å²) in [5.41, 5.74) is 0.273. The van der Waals surface area contributed by atoms with Crippen LogP contribution in [0.2, 0.25) is 0 Å². The monoisotopic (exact) mass is 180 g/mol. The molecule has 0 aliphatic rings. The molecule has 0 atom stereocenters. The van der Waals surface area contributed by atoms with Crippen molar-refractivity contribution in [3.63, 3.8) is 0 Å². The van der Waals surface area contributed by atoms with Crippen molar-refractivity contribution in [2.24, 2.45) is 0 Å². The number of nitrogens with zero attached hydrogens (tertiary/aromatic N) is 2. The number of ether oxygens (including phenoxy) is 1. The van der Waals surface area contributed by atoms with Crippen molar-refractivity contribution in [3.8, 4) is 17.7 Å². The van der Waals surface area contributed by atoms with Crippen LogP contribution in [0.3, 0.4) is 0 Å². The maximum atomic E-state index is 13.1. The number of aromatic nitrogens is 2. The summed E-state index contributed by atoms with van der Waals surface area (Å²) in [4.78, 5) is 7.30. The summed E-state index contributed by atoms with van der Waals surface area (Å²) < 4.78 is 18.1. The first-order valence-electron chi connectivity index (χ1n) is 3.75. The van der Waals surface area contributed by atoms with Crippen LogP contribution in [-0.2, 0) is 0 Å². The van der Waals surface area contributed by atoms with Gasteiger partial charge >= 0.3 is 0 Å². The Kier molecular flexibility index (Phi) is 3.21. The number of hydrogen-bond acceptors (Lipinski definition) is 3. The first-order chi connectivity index (χ1) is 6.25. The van der Waals surface area contributed by atoms with Crippen LogP contribution >= 0.6 is 0 Å². The fraction of sp³-hybridized carbons (Fsp3) is 0.333. The zero-order valence-corrected chi connectivity index (χ0v) is 7.47. The molecule has 0 aromatic carbocycles. The van der Waals surface area contributed by atoms with E-state index in [1.54, 1.807) is 13.8 Å². The molecule has 0 fully saturated rings. The van der Waals surface area contributed by atoms with Gasteiger partial charge in [-0.2, -0.15) is 9.37 Å². The molecule has 68 valence electrons. The number of hydrogen-bond donors (Lipinski definition) is 0. The SMILES string of the molecule is CC#CCOc1ncnc(C)c1F. The molecule has 0 N–H and O–H groups in total. The summed E-state index contributed by atoms with van der Waals surface area (Å²) in [6.45, 7) is 3.38. The van der Waals surface area contributed by atoms with E-state index in [1.807, 2.05) is 0 Å². The van der Waals surface area contributed by atoms with Gasteiger partial charge in [0.25, 0.3) is 5.88 Å². The first-order valence-corrected chi connectivity index (χ1v) is 3.75. The molecule has 0 radical (unpaired) electrons. The Bertz CT molecular complexity index is 354. The molecule has 0 aliphatic carbocycles. The topological polar surface area (TPSA) is 35.0 Å². The molecule has 0 unspecified atom stereocenters. The summed E-state index contributed by atoms with van der Waals surface area (Å²) in [5.74, 6) is 4.70. The Balaban J connectivity index is 2.75. The summed E-state index contributed by atoms with van der Waals surface area (Å²) in [5, 5.41) is 0. The third-order valence-electron chi connectivity index (χ3n) is 1.39. The van der Waals surface area contributed by atoms with Crippen molar-refractivity contribution in [1.29, 1.82) is 0 Å². The molecule has 0 spiro atoms. The molecule has 1 aromatic heterocycles. The van der Waals surface area contributed by atoms with E-state index < -0.39 is 5.82 Å². The van der Waals surface area contributed by atoms with E-state index in [9.17, 15) is 4.39 Å². The van der Waals surface area contributed by atoms with Gasteiger partial charge < -0.3 is 4.74 Å². The van der Waals surface area contributed by atoms with Crippen LogP contribution in [-0.4, -0.2) is 16.6 Å².